The number of aliphatic hydroxyl groups is 1. The lowest BCUT2D eigenvalue weighted by Gasteiger charge is -2.31. The van der Waals surface area contributed by atoms with Crippen molar-refractivity contribution in [2.24, 2.45) is 23.5 Å². The van der Waals surface area contributed by atoms with E-state index in [0.29, 0.717) is 12.5 Å². The molecule has 0 saturated heterocycles. The summed E-state index contributed by atoms with van der Waals surface area (Å²) in [5, 5.41) is 9.63. The van der Waals surface area contributed by atoms with Gasteiger partial charge in [0.1, 0.15) is 0 Å². The molecule has 0 radical (unpaired) electrons. The lowest BCUT2D eigenvalue weighted by atomic mass is 9.83. The van der Waals surface area contributed by atoms with Crippen molar-refractivity contribution < 1.29 is 14.6 Å². The summed E-state index contributed by atoms with van der Waals surface area (Å²) in [4.78, 5) is 0. The minimum atomic E-state index is -0.548. The van der Waals surface area contributed by atoms with Crippen LogP contribution in [-0.4, -0.2) is 31.0 Å². The highest BCUT2D eigenvalue weighted by atomic mass is 16.5. The predicted octanol–water partition coefficient (Wildman–Crippen LogP) is 5.20. The first-order valence-electron chi connectivity index (χ1n) is 10.9. The highest BCUT2D eigenvalue weighted by Crippen LogP contribution is 2.30. The molecule has 0 aliphatic heterocycles. The molecule has 0 amide bonds. The average Bonchev–Trinajstić information content (AvgIpc) is 2.66. The van der Waals surface area contributed by atoms with Crippen LogP contribution < -0.4 is 15.2 Å². The zero-order chi connectivity index (χ0) is 21.2. The summed E-state index contributed by atoms with van der Waals surface area (Å²) in [5.74, 6) is 3.25. The Morgan fingerprint density at radius 2 is 1.75 bits per heavy atom. The van der Waals surface area contributed by atoms with Crippen molar-refractivity contribution in [1.29, 1.82) is 0 Å². The van der Waals surface area contributed by atoms with Crippen LogP contribution in [0, 0.1) is 17.8 Å². The van der Waals surface area contributed by atoms with Gasteiger partial charge in [0.05, 0.1) is 20.3 Å². The molecule has 162 valence electrons. The van der Waals surface area contributed by atoms with Gasteiger partial charge in [-0.3, -0.25) is 0 Å². The van der Waals surface area contributed by atoms with Gasteiger partial charge in [-0.1, -0.05) is 59.9 Å². The summed E-state index contributed by atoms with van der Waals surface area (Å²) in [7, 11) is 1.68. The first kappa shape index (κ1) is 24.8. The molecule has 0 aromatic heterocycles. The second-order valence-electron chi connectivity index (χ2n) is 9.10. The Hall–Kier alpha value is -1.26. The van der Waals surface area contributed by atoms with E-state index in [9.17, 15) is 5.11 Å². The first-order valence-corrected chi connectivity index (χ1v) is 10.9. The zero-order valence-electron chi connectivity index (χ0n) is 19.0. The van der Waals surface area contributed by atoms with Crippen molar-refractivity contribution >= 4 is 0 Å². The third-order valence-corrected chi connectivity index (χ3v) is 5.90. The van der Waals surface area contributed by atoms with E-state index < -0.39 is 5.54 Å². The molecule has 1 rings (SSSR count). The third-order valence-electron chi connectivity index (χ3n) is 5.90. The van der Waals surface area contributed by atoms with Crippen LogP contribution in [0.5, 0.6) is 11.5 Å². The standard InChI is InChI=1S/C24H43NO3/c1-18(2)8-7-9-20(5)13-15-28-22-11-10-21(16-23(22)27-6)12-14-24(25,17-26)19(3)4/h10-11,16,18-20,26H,7-9,12-15,17,25H2,1-6H3. The molecule has 0 heterocycles. The summed E-state index contributed by atoms with van der Waals surface area (Å²) in [6, 6.07) is 6.09. The van der Waals surface area contributed by atoms with E-state index in [2.05, 4.69) is 40.7 Å². The fourth-order valence-electron chi connectivity index (χ4n) is 3.30. The minimum Gasteiger partial charge on any atom is -0.493 e. The average molecular weight is 394 g/mol. The van der Waals surface area contributed by atoms with Gasteiger partial charge in [-0.05, 0) is 54.7 Å². The molecule has 4 nitrogen and oxygen atoms in total. The van der Waals surface area contributed by atoms with Crippen LogP contribution in [0.1, 0.15) is 72.3 Å². The molecule has 1 aromatic carbocycles. The van der Waals surface area contributed by atoms with Gasteiger partial charge in [-0.2, -0.15) is 0 Å². The van der Waals surface area contributed by atoms with Crippen LogP contribution >= 0.6 is 0 Å². The van der Waals surface area contributed by atoms with Gasteiger partial charge in [0, 0.05) is 5.54 Å². The van der Waals surface area contributed by atoms with E-state index in [1.165, 1.54) is 19.3 Å². The highest BCUT2D eigenvalue weighted by molar-refractivity contribution is 5.43. The van der Waals surface area contributed by atoms with Crippen LogP contribution in [0.3, 0.4) is 0 Å². The summed E-state index contributed by atoms with van der Waals surface area (Å²) >= 11 is 0. The lowest BCUT2D eigenvalue weighted by Crippen LogP contribution is -2.48. The summed E-state index contributed by atoms with van der Waals surface area (Å²) < 4.78 is 11.5. The summed E-state index contributed by atoms with van der Waals surface area (Å²) in [6.07, 6.45) is 6.46. The maximum Gasteiger partial charge on any atom is 0.161 e. The number of aliphatic hydroxyl groups excluding tert-OH is 1. The second kappa shape index (κ2) is 12.3. The van der Waals surface area contributed by atoms with E-state index in [-0.39, 0.29) is 12.5 Å². The number of hydrogen-bond acceptors (Lipinski definition) is 4. The van der Waals surface area contributed by atoms with Crippen molar-refractivity contribution in [1.82, 2.24) is 0 Å². The van der Waals surface area contributed by atoms with Crippen molar-refractivity contribution in [2.75, 3.05) is 20.3 Å². The van der Waals surface area contributed by atoms with Gasteiger partial charge in [-0.25, -0.2) is 0 Å². The van der Waals surface area contributed by atoms with Gasteiger partial charge in [0.15, 0.2) is 11.5 Å². The largest absolute Gasteiger partial charge is 0.493 e. The molecular weight excluding hydrogens is 350 g/mol. The predicted molar refractivity (Wildman–Crippen MR) is 118 cm³/mol. The monoisotopic (exact) mass is 393 g/mol. The molecule has 28 heavy (non-hydrogen) atoms. The number of benzene rings is 1. The minimum absolute atomic E-state index is 0.00164. The van der Waals surface area contributed by atoms with Gasteiger partial charge >= 0.3 is 0 Å². The van der Waals surface area contributed by atoms with Crippen LogP contribution in [-0.2, 0) is 6.42 Å². The number of nitrogens with two attached hydrogens (primary N) is 1. The summed E-state index contributed by atoms with van der Waals surface area (Å²) in [5.41, 5.74) is 6.93. The summed E-state index contributed by atoms with van der Waals surface area (Å²) in [6.45, 7) is 11.7. The van der Waals surface area contributed by atoms with Gasteiger partial charge in [0.25, 0.3) is 0 Å². The molecule has 3 N–H and O–H groups in total. The maximum atomic E-state index is 9.63. The number of methoxy groups -OCH3 is 1. The number of aryl methyl sites for hydroxylation is 1. The van der Waals surface area contributed by atoms with Gasteiger partial charge in [-0.15, -0.1) is 0 Å². The SMILES string of the molecule is COc1cc(CCC(N)(CO)C(C)C)ccc1OCCC(C)CCCC(C)C. The Kier molecular flexibility index (Phi) is 10.9. The Labute approximate surface area is 172 Å². The quantitative estimate of drug-likeness (QED) is 0.456. The molecule has 0 bridgehead atoms. The normalized spacial score (nSPS) is 14.9. The molecule has 2 unspecified atom stereocenters. The molecular formula is C24H43NO3. The van der Waals surface area contributed by atoms with Crippen molar-refractivity contribution in [3.05, 3.63) is 23.8 Å². The Bertz CT molecular complexity index is 559. The van der Waals surface area contributed by atoms with Gasteiger partial charge in [0.2, 0.25) is 0 Å². The lowest BCUT2D eigenvalue weighted by molar-refractivity contribution is 0.146. The van der Waals surface area contributed by atoms with Crippen LogP contribution in [0.4, 0.5) is 0 Å². The topological polar surface area (TPSA) is 64.7 Å². The van der Waals surface area contributed by atoms with Crippen molar-refractivity contribution in [3.8, 4) is 11.5 Å². The van der Waals surface area contributed by atoms with Gasteiger partial charge < -0.3 is 20.3 Å². The van der Waals surface area contributed by atoms with E-state index >= 15 is 0 Å². The Morgan fingerprint density at radius 1 is 1.04 bits per heavy atom. The number of rotatable bonds is 14. The van der Waals surface area contributed by atoms with Crippen LogP contribution in [0.2, 0.25) is 0 Å². The molecule has 2 atom stereocenters. The molecule has 4 heteroatoms. The maximum absolute atomic E-state index is 9.63. The van der Waals surface area contributed by atoms with E-state index in [1.807, 2.05) is 12.1 Å². The van der Waals surface area contributed by atoms with E-state index in [0.717, 1.165) is 42.2 Å². The van der Waals surface area contributed by atoms with E-state index in [4.69, 9.17) is 15.2 Å². The molecule has 0 fully saturated rings. The molecule has 1 aromatic rings. The highest BCUT2D eigenvalue weighted by Gasteiger charge is 2.27. The third kappa shape index (κ3) is 8.40. The molecule has 0 aliphatic rings. The van der Waals surface area contributed by atoms with Crippen LogP contribution in [0.15, 0.2) is 18.2 Å². The fourth-order valence-corrected chi connectivity index (χ4v) is 3.30. The molecule has 0 aliphatic carbocycles. The van der Waals surface area contributed by atoms with E-state index in [1.54, 1.807) is 7.11 Å². The second-order valence-corrected chi connectivity index (χ2v) is 9.10. The Balaban J connectivity index is 2.54. The molecule has 0 saturated carbocycles. The van der Waals surface area contributed by atoms with Crippen LogP contribution in [0.25, 0.3) is 0 Å². The zero-order valence-corrected chi connectivity index (χ0v) is 19.0. The number of hydrogen-bond donors (Lipinski definition) is 2. The number of ether oxygens (including phenoxy) is 2. The Morgan fingerprint density at radius 3 is 2.32 bits per heavy atom. The first-order chi connectivity index (χ1) is 13.2. The fraction of sp³-hybridized carbons (Fsp3) is 0.750. The van der Waals surface area contributed by atoms with Crippen molar-refractivity contribution in [2.45, 2.75) is 78.7 Å². The van der Waals surface area contributed by atoms with Crippen molar-refractivity contribution in [3.63, 3.8) is 0 Å². The smallest absolute Gasteiger partial charge is 0.161 e. The molecule has 0 spiro atoms.